The summed E-state index contributed by atoms with van der Waals surface area (Å²) < 4.78 is 13.5. The van der Waals surface area contributed by atoms with Crippen molar-refractivity contribution in [2.45, 2.75) is 44.7 Å². The Kier molecular flexibility index (Phi) is 5.79. The van der Waals surface area contributed by atoms with Crippen LogP contribution in [0.4, 0.5) is 14.9 Å². The number of carbonyl (C=O) groups excluding carboxylic acids is 2. The molecule has 0 aromatic heterocycles. The molecular formula is C23H26FN3O2. The molecule has 1 N–H and O–H groups in total. The Morgan fingerprint density at radius 1 is 1.03 bits per heavy atom. The first-order valence-corrected chi connectivity index (χ1v) is 10.3. The molecule has 1 saturated carbocycles. The van der Waals surface area contributed by atoms with Gasteiger partial charge in [0.25, 0.3) is 5.91 Å². The molecule has 2 aliphatic rings. The number of nitrogens with zero attached hydrogens (tertiary/aromatic N) is 2. The molecule has 2 aromatic rings. The van der Waals surface area contributed by atoms with Gasteiger partial charge in [-0.1, -0.05) is 31.0 Å². The fourth-order valence-electron chi connectivity index (χ4n) is 4.18. The summed E-state index contributed by atoms with van der Waals surface area (Å²) in [5.41, 5.74) is 2.06. The van der Waals surface area contributed by atoms with Crippen LogP contribution in [0.25, 0.3) is 0 Å². The molecule has 29 heavy (non-hydrogen) atoms. The second-order valence-electron chi connectivity index (χ2n) is 7.84. The van der Waals surface area contributed by atoms with Crippen molar-refractivity contribution in [2.75, 3.05) is 18.0 Å². The Hall–Kier alpha value is -2.89. The number of rotatable bonds is 5. The molecule has 2 fully saturated rings. The number of urea groups is 1. The molecule has 3 amide bonds. The van der Waals surface area contributed by atoms with Crippen LogP contribution in [0.15, 0.2) is 48.5 Å². The lowest BCUT2D eigenvalue weighted by Gasteiger charge is -2.36. The van der Waals surface area contributed by atoms with Crippen LogP contribution >= 0.6 is 0 Å². The topological polar surface area (TPSA) is 52.7 Å². The molecule has 0 radical (unpaired) electrons. The van der Waals surface area contributed by atoms with Crippen LogP contribution in [0.5, 0.6) is 0 Å². The van der Waals surface area contributed by atoms with E-state index in [0.717, 1.165) is 43.4 Å². The fraction of sp³-hybridized carbons (Fsp3) is 0.391. The third-order valence-corrected chi connectivity index (χ3v) is 5.68. The van der Waals surface area contributed by atoms with E-state index in [1.165, 1.54) is 12.1 Å². The summed E-state index contributed by atoms with van der Waals surface area (Å²) in [4.78, 5) is 29.1. The minimum atomic E-state index is -0.301. The second kappa shape index (κ2) is 8.64. The third-order valence-electron chi connectivity index (χ3n) is 5.68. The number of anilines is 1. The van der Waals surface area contributed by atoms with Crippen LogP contribution in [-0.4, -0.2) is 36.0 Å². The van der Waals surface area contributed by atoms with Gasteiger partial charge in [-0.25, -0.2) is 9.18 Å². The predicted molar refractivity (Wildman–Crippen MR) is 110 cm³/mol. The van der Waals surface area contributed by atoms with Gasteiger partial charge in [0.2, 0.25) is 0 Å². The average Bonchev–Trinajstić information content (AvgIpc) is 3.23. The normalized spacial score (nSPS) is 17.6. The van der Waals surface area contributed by atoms with E-state index in [9.17, 15) is 14.0 Å². The molecule has 4 rings (SSSR count). The van der Waals surface area contributed by atoms with Crippen molar-refractivity contribution in [1.82, 2.24) is 10.2 Å². The maximum Gasteiger partial charge on any atom is 0.324 e. The van der Waals surface area contributed by atoms with Crippen LogP contribution in [0.2, 0.25) is 0 Å². The summed E-state index contributed by atoms with van der Waals surface area (Å²) in [5, 5.41) is 3.09. The number of halogens is 1. The number of hydrogen-bond donors (Lipinski definition) is 1. The molecule has 1 aliphatic heterocycles. The molecule has 6 heteroatoms. The SMILES string of the molecule is O=C(NC1CCCC1)c1cccc(N2CCCN(Cc3cccc(F)c3)C2=O)c1. The highest BCUT2D eigenvalue weighted by Gasteiger charge is 2.27. The number of benzene rings is 2. The highest BCUT2D eigenvalue weighted by molar-refractivity contribution is 5.98. The standard InChI is InChI=1S/C23H26FN3O2/c24-19-8-3-6-17(14-19)16-26-12-5-13-27(23(26)29)21-11-4-7-18(15-21)22(28)25-20-9-1-2-10-20/h3-4,6-8,11,14-15,20H,1-2,5,9-10,12-13,16H2,(H,25,28). The van der Waals surface area contributed by atoms with Gasteiger partial charge in [0, 0.05) is 36.9 Å². The van der Waals surface area contributed by atoms with Gasteiger partial charge < -0.3 is 10.2 Å². The van der Waals surface area contributed by atoms with Crippen LogP contribution in [0, 0.1) is 5.82 Å². The van der Waals surface area contributed by atoms with Gasteiger partial charge >= 0.3 is 6.03 Å². The predicted octanol–water partition coefficient (Wildman–Crippen LogP) is 4.33. The van der Waals surface area contributed by atoms with Crippen molar-refractivity contribution in [3.63, 3.8) is 0 Å². The summed E-state index contributed by atoms with van der Waals surface area (Å²) in [6.07, 6.45) is 5.21. The van der Waals surface area contributed by atoms with E-state index in [1.807, 2.05) is 18.2 Å². The lowest BCUT2D eigenvalue weighted by Crippen LogP contribution is -2.49. The molecule has 0 unspecified atom stereocenters. The largest absolute Gasteiger partial charge is 0.349 e. The molecule has 0 spiro atoms. The van der Waals surface area contributed by atoms with Crippen molar-refractivity contribution in [1.29, 1.82) is 0 Å². The number of carbonyl (C=O) groups is 2. The zero-order valence-electron chi connectivity index (χ0n) is 16.4. The van der Waals surface area contributed by atoms with E-state index in [4.69, 9.17) is 0 Å². The van der Waals surface area contributed by atoms with E-state index in [1.54, 1.807) is 28.0 Å². The molecule has 0 bridgehead atoms. The summed E-state index contributed by atoms with van der Waals surface area (Å²) in [7, 11) is 0. The third kappa shape index (κ3) is 4.58. The quantitative estimate of drug-likeness (QED) is 0.819. The van der Waals surface area contributed by atoms with Gasteiger partial charge in [0.05, 0.1) is 0 Å². The van der Waals surface area contributed by atoms with Gasteiger partial charge in [-0.2, -0.15) is 0 Å². The maximum atomic E-state index is 13.5. The van der Waals surface area contributed by atoms with Gasteiger partial charge in [-0.05, 0) is 55.2 Å². The lowest BCUT2D eigenvalue weighted by atomic mass is 10.1. The monoisotopic (exact) mass is 395 g/mol. The number of nitrogens with one attached hydrogen (secondary N) is 1. The van der Waals surface area contributed by atoms with Gasteiger partial charge in [-0.15, -0.1) is 0 Å². The van der Waals surface area contributed by atoms with Crippen LogP contribution in [-0.2, 0) is 6.54 Å². The molecule has 5 nitrogen and oxygen atoms in total. The zero-order valence-corrected chi connectivity index (χ0v) is 16.4. The molecule has 1 saturated heterocycles. The first-order valence-electron chi connectivity index (χ1n) is 10.3. The Balaban J connectivity index is 1.47. The molecule has 1 aliphatic carbocycles. The molecule has 152 valence electrons. The van der Waals surface area contributed by atoms with Crippen LogP contribution in [0.3, 0.4) is 0 Å². The van der Waals surface area contributed by atoms with Crippen molar-refractivity contribution < 1.29 is 14.0 Å². The fourth-order valence-corrected chi connectivity index (χ4v) is 4.18. The summed E-state index contributed by atoms with van der Waals surface area (Å²) in [6.45, 7) is 1.61. The lowest BCUT2D eigenvalue weighted by molar-refractivity contribution is 0.0938. The number of amides is 3. The van der Waals surface area contributed by atoms with Gasteiger partial charge in [0.15, 0.2) is 0 Å². The minimum absolute atomic E-state index is 0.0835. The van der Waals surface area contributed by atoms with Crippen molar-refractivity contribution in [3.05, 3.63) is 65.5 Å². The van der Waals surface area contributed by atoms with Crippen molar-refractivity contribution >= 4 is 17.6 Å². The molecule has 2 aromatic carbocycles. The Morgan fingerprint density at radius 2 is 1.83 bits per heavy atom. The Bertz CT molecular complexity index is 895. The van der Waals surface area contributed by atoms with E-state index in [-0.39, 0.29) is 23.8 Å². The summed E-state index contributed by atoms with van der Waals surface area (Å²) >= 11 is 0. The summed E-state index contributed by atoms with van der Waals surface area (Å²) in [6, 6.07) is 13.7. The van der Waals surface area contributed by atoms with Gasteiger partial charge in [-0.3, -0.25) is 9.69 Å². The van der Waals surface area contributed by atoms with E-state index in [2.05, 4.69) is 5.32 Å². The minimum Gasteiger partial charge on any atom is -0.349 e. The molecular weight excluding hydrogens is 369 g/mol. The van der Waals surface area contributed by atoms with Gasteiger partial charge in [0.1, 0.15) is 5.82 Å². The second-order valence-corrected chi connectivity index (χ2v) is 7.84. The Labute approximate surface area is 170 Å². The first kappa shape index (κ1) is 19.4. The average molecular weight is 395 g/mol. The van der Waals surface area contributed by atoms with Crippen molar-refractivity contribution in [3.8, 4) is 0 Å². The summed E-state index contributed by atoms with van der Waals surface area (Å²) in [5.74, 6) is -0.385. The van der Waals surface area contributed by atoms with Crippen LogP contribution < -0.4 is 10.2 Å². The highest BCUT2D eigenvalue weighted by atomic mass is 19.1. The number of hydrogen-bond acceptors (Lipinski definition) is 2. The van der Waals surface area contributed by atoms with E-state index < -0.39 is 0 Å². The zero-order chi connectivity index (χ0) is 20.2. The highest BCUT2D eigenvalue weighted by Crippen LogP contribution is 2.24. The Morgan fingerprint density at radius 3 is 2.62 bits per heavy atom. The maximum absolute atomic E-state index is 13.5. The van der Waals surface area contributed by atoms with Crippen molar-refractivity contribution in [2.24, 2.45) is 0 Å². The van der Waals surface area contributed by atoms with Crippen LogP contribution in [0.1, 0.15) is 48.0 Å². The van der Waals surface area contributed by atoms with E-state index in [0.29, 0.717) is 25.2 Å². The smallest absolute Gasteiger partial charge is 0.324 e. The van der Waals surface area contributed by atoms with E-state index >= 15 is 0 Å². The molecule has 1 heterocycles. The molecule has 0 atom stereocenters. The first-order chi connectivity index (χ1) is 14.1.